The Hall–Kier alpha value is -1.86. The van der Waals surface area contributed by atoms with Gasteiger partial charge in [-0.3, -0.25) is 4.79 Å². The first-order valence-electron chi connectivity index (χ1n) is 7.66. The van der Waals surface area contributed by atoms with Gasteiger partial charge in [0.2, 0.25) is 0 Å². The average Bonchev–Trinajstić information content (AvgIpc) is 3.12. The SMILES string of the molecule is Cc1nc(C)c(C(=O)NCc2ccnc([C@@]3(C)CCCO3)n2)s1. The Morgan fingerprint density at radius 2 is 2.26 bits per heavy atom. The highest BCUT2D eigenvalue weighted by Gasteiger charge is 2.34. The summed E-state index contributed by atoms with van der Waals surface area (Å²) in [5.41, 5.74) is 1.13. The molecule has 0 aromatic carbocycles. The third-order valence-corrected chi connectivity index (χ3v) is 5.02. The van der Waals surface area contributed by atoms with Crippen molar-refractivity contribution in [2.45, 2.75) is 45.8 Å². The summed E-state index contributed by atoms with van der Waals surface area (Å²) in [6.45, 7) is 6.86. The zero-order valence-electron chi connectivity index (χ0n) is 13.5. The summed E-state index contributed by atoms with van der Waals surface area (Å²) in [6.07, 6.45) is 3.66. The second-order valence-electron chi connectivity index (χ2n) is 5.88. The molecule has 6 nitrogen and oxygen atoms in total. The lowest BCUT2D eigenvalue weighted by Gasteiger charge is -2.21. The highest BCUT2D eigenvalue weighted by Crippen LogP contribution is 2.33. The van der Waals surface area contributed by atoms with E-state index in [2.05, 4.69) is 20.3 Å². The number of carbonyl (C=O) groups excluding carboxylic acids is 1. The van der Waals surface area contributed by atoms with Crippen LogP contribution in [0.1, 0.15) is 51.7 Å². The van der Waals surface area contributed by atoms with Crippen LogP contribution in [-0.4, -0.2) is 27.5 Å². The third-order valence-electron chi connectivity index (χ3n) is 3.94. The lowest BCUT2D eigenvalue weighted by atomic mass is 10.0. The van der Waals surface area contributed by atoms with Gasteiger partial charge >= 0.3 is 0 Å². The third kappa shape index (κ3) is 3.40. The van der Waals surface area contributed by atoms with Crippen molar-refractivity contribution >= 4 is 17.2 Å². The van der Waals surface area contributed by atoms with Gasteiger partial charge in [0.25, 0.3) is 5.91 Å². The van der Waals surface area contributed by atoms with Crippen molar-refractivity contribution in [1.82, 2.24) is 20.3 Å². The Morgan fingerprint density at radius 3 is 2.91 bits per heavy atom. The van der Waals surface area contributed by atoms with Crippen molar-refractivity contribution in [3.05, 3.63) is 39.4 Å². The number of hydrogen-bond acceptors (Lipinski definition) is 6. The monoisotopic (exact) mass is 332 g/mol. The number of aromatic nitrogens is 3. The number of ether oxygens (including phenoxy) is 1. The van der Waals surface area contributed by atoms with Crippen LogP contribution in [0, 0.1) is 13.8 Å². The van der Waals surface area contributed by atoms with E-state index in [9.17, 15) is 4.79 Å². The molecule has 3 rings (SSSR count). The molecule has 0 unspecified atom stereocenters. The van der Waals surface area contributed by atoms with Crippen molar-refractivity contribution in [2.24, 2.45) is 0 Å². The van der Waals surface area contributed by atoms with Crippen LogP contribution in [0.3, 0.4) is 0 Å². The molecule has 0 bridgehead atoms. The van der Waals surface area contributed by atoms with E-state index < -0.39 is 5.60 Å². The van der Waals surface area contributed by atoms with Crippen LogP contribution in [0.25, 0.3) is 0 Å². The predicted octanol–water partition coefficient (Wildman–Crippen LogP) is 2.51. The molecule has 7 heteroatoms. The maximum absolute atomic E-state index is 12.2. The largest absolute Gasteiger partial charge is 0.367 e. The molecule has 1 atom stereocenters. The molecule has 1 fully saturated rings. The summed E-state index contributed by atoms with van der Waals surface area (Å²) in [5.74, 6) is 0.572. The first kappa shape index (κ1) is 16.0. The molecule has 122 valence electrons. The molecule has 0 aliphatic carbocycles. The maximum atomic E-state index is 12.2. The molecule has 1 amide bonds. The van der Waals surface area contributed by atoms with Crippen LogP contribution in [0.4, 0.5) is 0 Å². The molecule has 2 aromatic rings. The van der Waals surface area contributed by atoms with Gasteiger partial charge in [0.1, 0.15) is 10.5 Å². The Labute approximate surface area is 139 Å². The van der Waals surface area contributed by atoms with E-state index in [0.29, 0.717) is 17.2 Å². The number of carbonyl (C=O) groups is 1. The molecule has 23 heavy (non-hydrogen) atoms. The number of thiazole rings is 1. The molecule has 0 radical (unpaired) electrons. The standard InChI is InChI=1S/C16H20N4O2S/c1-10-13(23-11(2)19-10)14(21)18-9-12-5-7-17-15(20-12)16(3)6-4-8-22-16/h5,7H,4,6,8-9H2,1-3H3,(H,18,21)/t16-/m1/s1. The first-order valence-corrected chi connectivity index (χ1v) is 8.48. The second-order valence-corrected chi connectivity index (χ2v) is 7.09. The Bertz CT molecular complexity index is 723. The highest BCUT2D eigenvalue weighted by molar-refractivity contribution is 7.13. The molecule has 1 N–H and O–H groups in total. The molecule has 3 heterocycles. The Kier molecular flexibility index (Phi) is 4.41. The Morgan fingerprint density at radius 1 is 1.43 bits per heavy atom. The summed E-state index contributed by atoms with van der Waals surface area (Å²) in [6, 6.07) is 1.81. The summed E-state index contributed by atoms with van der Waals surface area (Å²) in [7, 11) is 0. The fraction of sp³-hybridized carbons (Fsp3) is 0.500. The van der Waals surface area contributed by atoms with Crippen molar-refractivity contribution in [1.29, 1.82) is 0 Å². The van der Waals surface area contributed by atoms with Gasteiger partial charge in [-0.1, -0.05) is 0 Å². The zero-order chi connectivity index (χ0) is 16.4. The van der Waals surface area contributed by atoms with Crippen LogP contribution in [0.15, 0.2) is 12.3 Å². The minimum atomic E-state index is -0.411. The molecule has 2 aromatic heterocycles. The van der Waals surface area contributed by atoms with Gasteiger partial charge in [0.15, 0.2) is 5.82 Å². The quantitative estimate of drug-likeness (QED) is 0.931. The lowest BCUT2D eigenvalue weighted by Crippen LogP contribution is -2.26. The average molecular weight is 332 g/mol. The molecule has 0 spiro atoms. The summed E-state index contributed by atoms with van der Waals surface area (Å²) in [5, 5.41) is 3.79. The minimum Gasteiger partial charge on any atom is -0.367 e. The van der Waals surface area contributed by atoms with Gasteiger partial charge in [0.05, 0.1) is 22.9 Å². The number of rotatable bonds is 4. The summed E-state index contributed by atoms with van der Waals surface area (Å²) in [4.78, 5) is 26.1. The number of amides is 1. The molecule has 1 aliphatic rings. The van der Waals surface area contributed by atoms with Gasteiger partial charge in [-0.05, 0) is 39.7 Å². The topological polar surface area (TPSA) is 77.0 Å². The highest BCUT2D eigenvalue weighted by atomic mass is 32.1. The van der Waals surface area contributed by atoms with Gasteiger partial charge in [0, 0.05) is 12.8 Å². The number of hydrogen-bond donors (Lipinski definition) is 1. The van der Waals surface area contributed by atoms with E-state index >= 15 is 0 Å². The van der Waals surface area contributed by atoms with Crippen LogP contribution in [-0.2, 0) is 16.9 Å². The summed E-state index contributed by atoms with van der Waals surface area (Å²) >= 11 is 1.40. The van der Waals surface area contributed by atoms with Crippen LogP contribution in [0.2, 0.25) is 0 Å². The van der Waals surface area contributed by atoms with Crippen LogP contribution >= 0.6 is 11.3 Å². The normalized spacial score (nSPS) is 20.7. The minimum absolute atomic E-state index is 0.114. The predicted molar refractivity (Wildman–Crippen MR) is 87.3 cm³/mol. The van der Waals surface area contributed by atoms with E-state index in [1.54, 1.807) is 6.20 Å². The first-order chi connectivity index (χ1) is 11.0. The number of aryl methyl sites for hydroxylation is 2. The second kappa shape index (κ2) is 6.33. The molecule has 1 saturated heterocycles. The molecule has 0 saturated carbocycles. The van der Waals surface area contributed by atoms with Crippen molar-refractivity contribution in [3.8, 4) is 0 Å². The Balaban J connectivity index is 1.69. The molecule has 1 aliphatic heterocycles. The zero-order valence-corrected chi connectivity index (χ0v) is 14.4. The van der Waals surface area contributed by atoms with Crippen LogP contribution in [0.5, 0.6) is 0 Å². The van der Waals surface area contributed by atoms with Crippen molar-refractivity contribution in [2.75, 3.05) is 6.61 Å². The molecular formula is C16H20N4O2S. The van der Waals surface area contributed by atoms with E-state index in [1.807, 2.05) is 26.8 Å². The number of nitrogens with zero attached hydrogens (tertiary/aromatic N) is 3. The molecular weight excluding hydrogens is 312 g/mol. The number of nitrogens with one attached hydrogen (secondary N) is 1. The van der Waals surface area contributed by atoms with Crippen molar-refractivity contribution in [3.63, 3.8) is 0 Å². The van der Waals surface area contributed by atoms with Crippen LogP contribution < -0.4 is 5.32 Å². The fourth-order valence-corrected chi connectivity index (χ4v) is 3.53. The smallest absolute Gasteiger partial charge is 0.263 e. The van der Waals surface area contributed by atoms with Crippen molar-refractivity contribution < 1.29 is 9.53 Å². The van der Waals surface area contributed by atoms with E-state index in [4.69, 9.17) is 4.74 Å². The van der Waals surface area contributed by atoms with E-state index in [-0.39, 0.29) is 5.91 Å². The maximum Gasteiger partial charge on any atom is 0.263 e. The fourth-order valence-electron chi connectivity index (χ4n) is 2.70. The van der Waals surface area contributed by atoms with Gasteiger partial charge < -0.3 is 10.1 Å². The lowest BCUT2D eigenvalue weighted by molar-refractivity contribution is 0.00913. The summed E-state index contributed by atoms with van der Waals surface area (Å²) < 4.78 is 5.78. The van der Waals surface area contributed by atoms with E-state index in [0.717, 1.165) is 35.8 Å². The van der Waals surface area contributed by atoms with Gasteiger partial charge in [-0.15, -0.1) is 11.3 Å². The van der Waals surface area contributed by atoms with Gasteiger partial charge in [-0.25, -0.2) is 15.0 Å². The van der Waals surface area contributed by atoms with E-state index in [1.165, 1.54) is 11.3 Å². The van der Waals surface area contributed by atoms with Gasteiger partial charge in [-0.2, -0.15) is 0 Å².